The molecule has 1 atom stereocenters. The van der Waals surface area contributed by atoms with Gasteiger partial charge in [0.1, 0.15) is 11.7 Å². The van der Waals surface area contributed by atoms with Gasteiger partial charge in [-0.1, -0.05) is 29.8 Å². The van der Waals surface area contributed by atoms with Gasteiger partial charge in [0.2, 0.25) is 5.91 Å². The molecule has 1 saturated heterocycles. The average Bonchev–Trinajstić information content (AvgIpc) is 3.45. The first kappa shape index (κ1) is 20.0. The molecular formula is C22H26ClN3O3. The van der Waals surface area contributed by atoms with Crippen molar-refractivity contribution in [2.45, 2.75) is 50.2 Å². The van der Waals surface area contributed by atoms with E-state index in [0.717, 1.165) is 24.0 Å². The van der Waals surface area contributed by atoms with Crippen LogP contribution in [-0.2, 0) is 11.2 Å². The molecule has 2 aromatic rings. The van der Waals surface area contributed by atoms with Crippen LogP contribution >= 0.6 is 11.6 Å². The number of hydrogen-bond acceptors (Lipinski definition) is 3. The van der Waals surface area contributed by atoms with Crippen LogP contribution in [0.4, 0.5) is 0 Å². The molecule has 29 heavy (non-hydrogen) atoms. The zero-order chi connectivity index (χ0) is 20.4. The van der Waals surface area contributed by atoms with Crippen molar-refractivity contribution in [3.05, 3.63) is 58.4 Å². The Morgan fingerprint density at radius 1 is 1.21 bits per heavy atom. The van der Waals surface area contributed by atoms with Gasteiger partial charge in [0, 0.05) is 30.7 Å². The number of nitrogens with zero attached hydrogens (tertiary/aromatic N) is 1. The maximum atomic E-state index is 13.2. The normalized spacial score (nSPS) is 18.5. The maximum absolute atomic E-state index is 13.2. The number of nitrogens with one attached hydrogen (secondary N) is 2. The Balaban J connectivity index is 1.50. The molecule has 1 aliphatic heterocycles. The van der Waals surface area contributed by atoms with Crippen LogP contribution in [0.5, 0.6) is 0 Å². The van der Waals surface area contributed by atoms with Crippen molar-refractivity contribution >= 4 is 23.4 Å². The van der Waals surface area contributed by atoms with E-state index in [1.165, 1.54) is 0 Å². The van der Waals surface area contributed by atoms with Gasteiger partial charge in [0.15, 0.2) is 0 Å². The van der Waals surface area contributed by atoms with E-state index in [-0.39, 0.29) is 17.9 Å². The highest BCUT2D eigenvalue weighted by atomic mass is 35.5. The van der Waals surface area contributed by atoms with Crippen molar-refractivity contribution in [1.29, 1.82) is 0 Å². The molecule has 1 aromatic carbocycles. The number of aromatic nitrogens is 1. The van der Waals surface area contributed by atoms with E-state index in [0.29, 0.717) is 49.0 Å². The number of hydrogen-bond donors (Lipinski definition) is 3. The Morgan fingerprint density at radius 2 is 1.93 bits per heavy atom. The number of rotatable bonds is 6. The quantitative estimate of drug-likeness (QED) is 0.678. The topological polar surface area (TPSA) is 85.4 Å². The highest BCUT2D eigenvalue weighted by molar-refractivity contribution is 6.31. The fourth-order valence-corrected chi connectivity index (χ4v) is 4.03. The Morgan fingerprint density at radius 3 is 2.62 bits per heavy atom. The number of carbonyl (C=O) groups is 2. The van der Waals surface area contributed by atoms with Crippen LogP contribution in [0.15, 0.2) is 36.5 Å². The number of carbonyl (C=O) groups excluding carboxylic acids is 2. The average molecular weight is 416 g/mol. The number of aliphatic hydroxyl groups excluding tert-OH is 1. The van der Waals surface area contributed by atoms with Gasteiger partial charge in [-0.3, -0.25) is 9.59 Å². The van der Waals surface area contributed by atoms with Crippen molar-refractivity contribution in [2.75, 3.05) is 13.1 Å². The van der Waals surface area contributed by atoms with Crippen molar-refractivity contribution in [2.24, 2.45) is 0 Å². The van der Waals surface area contributed by atoms with Gasteiger partial charge in [-0.05, 0) is 54.9 Å². The highest BCUT2D eigenvalue weighted by Crippen LogP contribution is 2.40. The van der Waals surface area contributed by atoms with Crippen molar-refractivity contribution in [1.82, 2.24) is 15.2 Å². The smallest absolute Gasteiger partial charge is 0.268 e. The third kappa shape index (κ3) is 4.82. The molecule has 1 saturated carbocycles. The molecule has 2 aliphatic rings. The molecule has 1 aliphatic carbocycles. The van der Waals surface area contributed by atoms with Crippen LogP contribution < -0.4 is 5.32 Å². The van der Waals surface area contributed by atoms with E-state index in [4.69, 9.17) is 11.6 Å². The van der Waals surface area contributed by atoms with Crippen LogP contribution in [0.25, 0.3) is 0 Å². The second kappa shape index (κ2) is 8.59. The van der Waals surface area contributed by atoms with E-state index < -0.39 is 6.04 Å². The lowest BCUT2D eigenvalue weighted by Gasteiger charge is -2.32. The Bertz CT molecular complexity index is 885. The largest absolute Gasteiger partial charge is 0.393 e. The van der Waals surface area contributed by atoms with Gasteiger partial charge >= 0.3 is 0 Å². The van der Waals surface area contributed by atoms with Gasteiger partial charge in [-0.15, -0.1) is 0 Å². The van der Waals surface area contributed by atoms with Gasteiger partial charge < -0.3 is 20.3 Å². The predicted molar refractivity (Wildman–Crippen MR) is 111 cm³/mol. The first-order valence-electron chi connectivity index (χ1n) is 10.2. The fraction of sp³-hybridized carbons (Fsp3) is 0.455. The first-order chi connectivity index (χ1) is 14.0. The Labute approximate surface area is 175 Å². The van der Waals surface area contributed by atoms with Crippen LogP contribution in [0, 0.1) is 0 Å². The number of aliphatic hydroxyl groups is 1. The monoisotopic (exact) mass is 415 g/mol. The number of H-pyrrole nitrogens is 1. The summed E-state index contributed by atoms with van der Waals surface area (Å²) < 4.78 is 0. The minimum Gasteiger partial charge on any atom is -0.393 e. The molecule has 0 spiro atoms. The van der Waals surface area contributed by atoms with E-state index in [1.54, 1.807) is 11.0 Å². The third-order valence-electron chi connectivity index (χ3n) is 5.76. The Kier molecular flexibility index (Phi) is 5.92. The zero-order valence-corrected chi connectivity index (χ0v) is 17.0. The van der Waals surface area contributed by atoms with Crippen LogP contribution in [0.3, 0.4) is 0 Å². The minimum absolute atomic E-state index is 0.140. The molecule has 2 fully saturated rings. The molecule has 7 heteroatoms. The van der Waals surface area contributed by atoms with Gasteiger partial charge in [-0.2, -0.15) is 0 Å². The molecule has 2 heterocycles. The zero-order valence-electron chi connectivity index (χ0n) is 16.2. The molecule has 6 nitrogen and oxygen atoms in total. The molecule has 3 N–H and O–H groups in total. The maximum Gasteiger partial charge on any atom is 0.268 e. The van der Waals surface area contributed by atoms with E-state index in [1.807, 2.05) is 30.5 Å². The van der Waals surface area contributed by atoms with Crippen molar-refractivity contribution in [3.63, 3.8) is 0 Å². The van der Waals surface area contributed by atoms with Crippen molar-refractivity contribution < 1.29 is 14.7 Å². The molecule has 0 unspecified atom stereocenters. The summed E-state index contributed by atoms with van der Waals surface area (Å²) in [5.74, 6) is 0.117. The van der Waals surface area contributed by atoms with Crippen LogP contribution in [0.2, 0.25) is 5.02 Å². The molecule has 0 bridgehead atoms. The van der Waals surface area contributed by atoms with E-state index in [2.05, 4.69) is 10.3 Å². The third-order valence-corrected chi connectivity index (χ3v) is 6.13. The molecule has 2 amide bonds. The molecule has 4 rings (SSSR count). The summed E-state index contributed by atoms with van der Waals surface area (Å²) in [6, 6.07) is 8.52. The summed E-state index contributed by atoms with van der Waals surface area (Å²) in [7, 11) is 0. The summed E-state index contributed by atoms with van der Waals surface area (Å²) >= 11 is 6.30. The van der Waals surface area contributed by atoms with Crippen LogP contribution in [-0.4, -0.2) is 52.0 Å². The van der Waals surface area contributed by atoms with E-state index >= 15 is 0 Å². The number of piperidine rings is 1. The van der Waals surface area contributed by atoms with Crippen LogP contribution in [0.1, 0.15) is 53.2 Å². The minimum atomic E-state index is -0.717. The standard InChI is InChI=1S/C22H26ClN3O3/c23-18-4-2-1-3-15(18)11-20(22(29)26-9-7-17(27)8-10-26)25-21(28)19-12-16(13-24-19)14-5-6-14/h1-4,12-14,17,20,24,27H,5-11H2,(H,25,28)/t20-/m0/s1. The number of benzene rings is 1. The molecule has 1 aromatic heterocycles. The summed E-state index contributed by atoms with van der Waals surface area (Å²) in [6.45, 7) is 0.979. The fourth-order valence-electron chi connectivity index (χ4n) is 3.82. The second-order valence-corrected chi connectivity index (χ2v) is 8.41. The van der Waals surface area contributed by atoms with Crippen molar-refractivity contribution in [3.8, 4) is 0 Å². The number of amides is 2. The Hall–Kier alpha value is -2.31. The molecule has 154 valence electrons. The summed E-state index contributed by atoms with van der Waals surface area (Å²) in [4.78, 5) is 30.8. The molecular weight excluding hydrogens is 390 g/mol. The summed E-state index contributed by atoms with van der Waals surface area (Å²) in [6.07, 6.45) is 5.26. The summed E-state index contributed by atoms with van der Waals surface area (Å²) in [5, 5.41) is 13.2. The lowest BCUT2D eigenvalue weighted by Crippen LogP contribution is -2.52. The lowest BCUT2D eigenvalue weighted by molar-refractivity contribution is -0.135. The number of aromatic amines is 1. The lowest BCUT2D eigenvalue weighted by atomic mass is 10.0. The first-order valence-corrected chi connectivity index (χ1v) is 10.6. The summed E-state index contributed by atoms with van der Waals surface area (Å²) in [5.41, 5.74) is 2.43. The highest BCUT2D eigenvalue weighted by Gasteiger charge is 2.31. The second-order valence-electron chi connectivity index (χ2n) is 8.00. The number of likely N-dealkylation sites (tertiary alicyclic amines) is 1. The van der Waals surface area contributed by atoms with Gasteiger partial charge in [0.05, 0.1) is 6.10 Å². The van der Waals surface area contributed by atoms with Gasteiger partial charge in [-0.25, -0.2) is 0 Å². The number of halogens is 1. The van der Waals surface area contributed by atoms with Gasteiger partial charge in [0.25, 0.3) is 5.91 Å². The molecule has 0 radical (unpaired) electrons. The van der Waals surface area contributed by atoms with E-state index in [9.17, 15) is 14.7 Å². The predicted octanol–water partition coefficient (Wildman–Crippen LogP) is 2.87. The SMILES string of the molecule is O=C(N[C@@H](Cc1ccccc1Cl)C(=O)N1CCC(O)CC1)c1cc(C2CC2)c[nH]1.